The minimum Gasteiger partial charge on any atom is -0.504 e. The van der Waals surface area contributed by atoms with Gasteiger partial charge in [-0.05, 0) is 35.4 Å². The summed E-state index contributed by atoms with van der Waals surface area (Å²) in [6.45, 7) is 0. The molecule has 0 aliphatic carbocycles. The number of benzene rings is 2. The van der Waals surface area contributed by atoms with Gasteiger partial charge in [0.15, 0.2) is 23.5 Å². The van der Waals surface area contributed by atoms with Crippen LogP contribution in [0.1, 0.15) is 17.0 Å². The van der Waals surface area contributed by atoms with Gasteiger partial charge in [0.25, 0.3) is 0 Å². The van der Waals surface area contributed by atoms with Crippen molar-refractivity contribution < 1.29 is 24.5 Å². The number of rotatable bonds is 3. The molecular weight excluding hydrogens is 274 g/mol. The average molecular weight is 285 g/mol. The van der Waals surface area contributed by atoms with Crippen molar-refractivity contribution in [2.45, 2.75) is 5.92 Å². The summed E-state index contributed by atoms with van der Waals surface area (Å²) in [6, 6.07) is 8.86. The van der Waals surface area contributed by atoms with Gasteiger partial charge >= 0.3 is 5.97 Å². The van der Waals surface area contributed by atoms with Gasteiger partial charge in [0.1, 0.15) is 11.4 Å². The molecular formula is C15H11NO5. The van der Waals surface area contributed by atoms with Crippen molar-refractivity contribution in [3.63, 3.8) is 0 Å². The standard InChI is InChI=1S/C15H11NO5/c17-11-3-1-9(6-12(11)18)14(15(19)20)8-2-4-13-10(5-8)16-7-21-13/h1-7,14,17-18H,(H,19,20). The third-order valence-corrected chi connectivity index (χ3v) is 3.27. The lowest BCUT2D eigenvalue weighted by Gasteiger charge is -2.14. The van der Waals surface area contributed by atoms with Crippen LogP contribution in [0.15, 0.2) is 47.2 Å². The third kappa shape index (κ3) is 2.27. The Morgan fingerprint density at radius 1 is 1.05 bits per heavy atom. The molecule has 21 heavy (non-hydrogen) atoms. The highest BCUT2D eigenvalue weighted by molar-refractivity contribution is 5.83. The van der Waals surface area contributed by atoms with Crippen LogP contribution >= 0.6 is 0 Å². The van der Waals surface area contributed by atoms with Gasteiger partial charge in [0.05, 0.1) is 0 Å². The Morgan fingerprint density at radius 3 is 2.48 bits per heavy atom. The van der Waals surface area contributed by atoms with E-state index in [4.69, 9.17) is 4.42 Å². The van der Waals surface area contributed by atoms with Gasteiger partial charge in [-0.25, -0.2) is 4.98 Å². The number of hydrogen-bond donors (Lipinski definition) is 3. The Labute approximate surface area is 118 Å². The van der Waals surface area contributed by atoms with Crippen LogP contribution in [0.25, 0.3) is 11.1 Å². The van der Waals surface area contributed by atoms with Gasteiger partial charge in [-0.2, -0.15) is 0 Å². The lowest BCUT2D eigenvalue weighted by atomic mass is 9.91. The van der Waals surface area contributed by atoms with Crippen molar-refractivity contribution in [3.05, 3.63) is 53.9 Å². The number of fused-ring (bicyclic) bond motifs is 1. The first-order valence-electron chi connectivity index (χ1n) is 6.14. The minimum absolute atomic E-state index is 0.296. The van der Waals surface area contributed by atoms with Gasteiger partial charge in [0, 0.05) is 0 Å². The molecule has 0 bridgehead atoms. The van der Waals surface area contributed by atoms with Crippen molar-refractivity contribution in [2.24, 2.45) is 0 Å². The second kappa shape index (κ2) is 4.82. The fourth-order valence-corrected chi connectivity index (χ4v) is 2.25. The molecule has 3 N–H and O–H groups in total. The zero-order valence-corrected chi connectivity index (χ0v) is 10.7. The molecule has 0 saturated carbocycles. The highest BCUT2D eigenvalue weighted by atomic mass is 16.4. The summed E-state index contributed by atoms with van der Waals surface area (Å²) in [5.41, 5.74) is 1.99. The Kier molecular flexibility index (Phi) is 2.98. The van der Waals surface area contributed by atoms with Gasteiger partial charge in [0.2, 0.25) is 0 Å². The molecule has 1 unspecified atom stereocenters. The second-order valence-corrected chi connectivity index (χ2v) is 4.60. The highest BCUT2D eigenvalue weighted by Gasteiger charge is 2.23. The maximum absolute atomic E-state index is 11.6. The lowest BCUT2D eigenvalue weighted by Crippen LogP contribution is -2.13. The van der Waals surface area contributed by atoms with E-state index in [2.05, 4.69) is 4.98 Å². The van der Waals surface area contributed by atoms with E-state index in [0.717, 1.165) is 0 Å². The molecule has 106 valence electrons. The summed E-state index contributed by atoms with van der Waals surface area (Å²) >= 11 is 0. The molecule has 0 spiro atoms. The molecule has 3 aromatic rings. The molecule has 6 nitrogen and oxygen atoms in total. The first kappa shape index (κ1) is 13.0. The Bertz CT molecular complexity index is 824. The Morgan fingerprint density at radius 2 is 1.76 bits per heavy atom. The monoisotopic (exact) mass is 285 g/mol. The number of aromatic nitrogens is 1. The molecule has 6 heteroatoms. The number of aliphatic carboxylic acids is 1. The summed E-state index contributed by atoms with van der Waals surface area (Å²) < 4.78 is 5.12. The Balaban J connectivity index is 2.12. The number of aromatic hydroxyl groups is 2. The molecule has 3 rings (SSSR count). The van der Waals surface area contributed by atoms with E-state index in [1.54, 1.807) is 18.2 Å². The van der Waals surface area contributed by atoms with Crippen LogP contribution in [-0.2, 0) is 4.79 Å². The molecule has 0 radical (unpaired) electrons. The van der Waals surface area contributed by atoms with E-state index in [9.17, 15) is 20.1 Å². The van der Waals surface area contributed by atoms with Crippen molar-refractivity contribution in [3.8, 4) is 11.5 Å². The van der Waals surface area contributed by atoms with E-state index in [1.807, 2.05) is 0 Å². The van der Waals surface area contributed by atoms with Crippen LogP contribution in [0.2, 0.25) is 0 Å². The normalized spacial score (nSPS) is 12.4. The largest absolute Gasteiger partial charge is 0.504 e. The summed E-state index contributed by atoms with van der Waals surface area (Å²) in [5.74, 6) is -2.70. The fourth-order valence-electron chi connectivity index (χ4n) is 2.25. The van der Waals surface area contributed by atoms with Crippen LogP contribution < -0.4 is 0 Å². The molecule has 1 aromatic heterocycles. The van der Waals surface area contributed by atoms with E-state index < -0.39 is 11.9 Å². The molecule has 0 aliphatic heterocycles. The van der Waals surface area contributed by atoms with Gasteiger partial charge in [-0.3, -0.25) is 4.79 Å². The fraction of sp³-hybridized carbons (Fsp3) is 0.0667. The molecule has 2 aromatic carbocycles. The molecule has 1 heterocycles. The van der Waals surface area contributed by atoms with E-state index >= 15 is 0 Å². The summed E-state index contributed by atoms with van der Waals surface area (Å²) in [7, 11) is 0. The maximum atomic E-state index is 11.6. The first-order chi connectivity index (χ1) is 10.1. The number of phenols is 2. The predicted octanol–water partition coefficient (Wildman–Crippen LogP) is 2.46. The van der Waals surface area contributed by atoms with Crippen LogP contribution in [0.3, 0.4) is 0 Å². The number of hydrogen-bond acceptors (Lipinski definition) is 5. The van der Waals surface area contributed by atoms with Crippen molar-refractivity contribution in [1.29, 1.82) is 0 Å². The number of carboxylic acid groups (broad SMARTS) is 1. The van der Waals surface area contributed by atoms with Crippen molar-refractivity contribution >= 4 is 17.1 Å². The lowest BCUT2D eigenvalue weighted by molar-refractivity contribution is -0.137. The number of phenolic OH excluding ortho intramolecular Hbond substituents is 2. The molecule has 1 atom stereocenters. The zero-order valence-electron chi connectivity index (χ0n) is 10.7. The van der Waals surface area contributed by atoms with Crippen LogP contribution in [0.4, 0.5) is 0 Å². The molecule has 0 saturated heterocycles. The van der Waals surface area contributed by atoms with Crippen LogP contribution in [0.5, 0.6) is 11.5 Å². The zero-order chi connectivity index (χ0) is 15.0. The highest BCUT2D eigenvalue weighted by Crippen LogP contribution is 2.33. The van der Waals surface area contributed by atoms with Crippen LogP contribution in [-0.4, -0.2) is 26.3 Å². The van der Waals surface area contributed by atoms with E-state index in [0.29, 0.717) is 22.2 Å². The summed E-state index contributed by atoms with van der Waals surface area (Å²) in [5, 5.41) is 28.3. The average Bonchev–Trinajstić information content (AvgIpc) is 2.90. The summed E-state index contributed by atoms with van der Waals surface area (Å²) in [4.78, 5) is 15.6. The van der Waals surface area contributed by atoms with Crippen molar-refractivity contribution in [2.75, 3.05) is 0 Å². The maximum Gasteiger partial charge on any atom is 0.315 e. The number of nitrogens with zero attached hydrogens (tertiary/aromatic N) is 1. The minimum atomic E-state index is -1.07. The number of oxazole rings is 1. The Hall–Kier alpha value is -3.02. The van der Waals surface area contributed by atoms with Crippen molar-refractivity contribution in [1.82, 2.24) is 4.98 Å². The van der Waals surface area contributed by atoms with Gasteiger partial charge in [-0.1, -0.05) is 12.1 Å². The van der Waals surface area contributed by atoms with Gasteiger partial charge in [-0.15, -0.1) is 0 Å². The molecule has 0 amide bonds. The van der Waals surface area contributed by atoms with Gasteiger partial charge < -0.3 is 19.7 Å². The third-order valence-electron chi connectivity index (χ3n) is 3.27. The quantitative estimate of drug-likeness (QED) is 0.638. The number of carboxylic acids is 1. The van der Waals surface area contributed by atoms with E-state index in [1.165, 1.54) is 24.6 Å². The smallest absolute Gasteiger partial charge is 0.315 e. The predicted molar refractivity (Wildman–Crippen MR) is 73.3 cm³/mol. The molecule has 0 fully saturated rings. The van der Waals surface area contributed by atoms with Crippen LogP contribution in [0, 0.1) is 0 Å². The topological polar surface area (TPSA) is 104 Å². The molecule has 0 aliphatic rings. The van der Waals surface area contributed by atoms with E-state index in [-0.39, 0.29) is 11.5 Å². The second-order valence-electron chi connectivity index (χ2n) is 4.60. The SMILES string of the molecule is O=C(O)C(c1ccc(O)c(O)c1)c1ccc2ocnc2c1. The number of carbonyl (C=O) groups is 1. The first-order valence-corrected chi connectivity index (χ1v) is 6.14. The summed E-state index contributed by atoms with van der Waals surface area (Å²) in [6.07, 6.45) is 1.29.